The molecule has 0 bridgehead atoms. The first kappa shape index (κ1) is 6.55. The molecule has 0 saturated carbocycles. The zero-order chi connectivity index (χ0) is 7.02. The van der Waals surface area contributed by atoms with Gasteiger partial charge in [-0.3, -0.25) is 4.79 Å². The minimum Gasteiger partial charge on any atom is -0.461 e. The lowest BCUT2D eigenvalue weighted by Crippen LogP contribution is -2.31. The molecule has 0 aliphatic carbocycles. The molecule has 1 fully saturated rings. The van der Waals surface area contributed by atoms with E-state index in [1.54, 1.807) is 0 Å². The molecule has 1 aliphatic heterocycles. The first-order chi connectivity index (χ1) is 4.13. The Hall–Kier alpha value is -0.570. The van der Waals surface area contributed by atoms with Crippen LogP contribution in [-0.2, 0) is 9.53 Å². The maximum absolute atomic E-state index is 10.6. The van der Waals surface area contributed by atoms with E-state index in [0.717, 1.165) is 0 Å². The fraction of sp³-hybridized carbons (Fsp3) is 0.833. The van der Waals surface area contributed by atoms with Crippen molar-refractivity contribution in [2.24, 2.45) is 11.7 Å². The molecule has 3 atom stereocenters. The van der Waals surface area contributed by atoms with Crippen LogP contribution in [0.25, 0.3) is 0 Å². The molecular weight excluding hydrogens is 118 g/mol. The van der Waals surface area contributed by atoms with Gasteiger partial charge in [0.05, 0.1) is 0 Å². The third-order valence-corrected chi connectivity index (χ3v) is 1.88. The second-order valence-electron chi connectivity index (χ2n) is 2.53. The molecule has 0 aromatic heterocycles. The summed E-state index contributed by atoms with van der Waals surface area (Å²) in [5, 5.41) is 0. The number of hydrogen-bond acceptors (Lipinski definition) is 3. The minimum atomic E-state index is -0.403. The van der Waals surface area contributed by atoms with Crippen LogP contribution in [0.3, 0.4) is 0 Å². The quantitative estimate of drug-likeness (QED) is 0.464. The van der Waals surface area contributed by atoms with Crippen molar-refractivity contribution in [1.82, 2.24) is 0 Å². The maximum atomic E-state index is 10.6. The third kappa shape index (κ3) is 0.920. The third-order valence-electron chi connectivity index (χ3n) is 1.88. The second kappa shape index (κ2) is 1.99. The summed E-state index contributed by atoms with van der Waals surface area (Å²) in [6, 6.07) is -0.403. The van der Waals surface area contributed by atoms with Gasteiger partial charge in [-0.25, -0.2) is 0 Å². The van der Waals surface area contributed by atoms with Crippen LogP contribution in [0.1, 0.15) is 13.8 Å². The summed E-state index contributed by atoms with van der Waals surface area (Å²) < 4.78 is 4.82. The molecule has 0 aromatic carbocycles. The number of cyclic esters (lactones) is 1. The lowest BCUT2D eigenvalue weighted by atomic mass is 10.0. The van der Waals surface area contributed by atoms with Crippen LogP contribution in [0, 0.1) is 5.92 Å². The van der Waals surface area contributed by atoms with Gasteiger partial charge in [0.2, 0.25) is 0 Å². The summed E-state index contributed by atoms with van der Waals surface area (Å²) in [6.45, 7) is 3.77. The molecular formula is C6H11NO2. The van der Waals surface area contributed by atoms with Gasteiger partial charge in [-0.15, -0.1) is 0 Å². The summed E-state index contributed by atoms with van der Waals surface area (Å²) in [7, 11) is 0. The van der Waals surface area contributed by atoms with Gasteiger partial charge in [-0.2, -0.15) is 0 Å². The Bertz CT molecular complexity index is 135. The van der Waals surface area contributed by atoms with E-state index in [-0.39, 0.29) is 18.0 Å². The summed E-state index contributed by atoms with van der Waals surface area (Å²) >= 11 is 0. The topological polar surface area (TPSA) is 52.3 Å². The molecule has 1 aliphatic rings. The number of carbonyl (C=O) groups excluding carboxylic acids is 1. The lowest BCUT2D eigenvalue weighted by Gasteiger charge is -2.06. The molecule has 3 heteroatoms. The van der Waals surface area contributed by atoms with Gasteiger partial charge in [-0.05, 0) is 6.92 Å². The summed E-state index contributed by atoms with van der Waals surface area (Å²) in [5.74, 6) is -0.104. The van der Waals surface area contributed by atoms with E-state index < -0.39 is 6.04 Å². The second-order valence-corrected chi connectivity index (χ2v) is 2.53. The van der Waals surface area contributed by atoms with Gasteiger partial charge in [-0.1, -0.05) is 6.92 Å². The molecule has 3 nitrogen and oxygen atoms in total. The SMILES string of the molecule is CC1C(N)C(=O)O[C@H]1C. The largest absolute Gasteiger partial charge is 0.461 e. The van der Waals surface area contributed by atoms with E-state index in [4.69, 9.17) is 10.5 Å². The highest BCUT2D eigenvalue weighted by atomic mass is 16.6. The average molecular weight is 129 g/mol. The van der Waals surface area contributed by atoms with E-state index in [1.165, 1.54) is 0 Å². The molecule has 52 valence electrons. The number of hydrogen-bond donors (Lipinski definition) is 1. The van der Waals surface area contributed by atoms with E-state index >= 15 is 0 Å². The highest BCUT2D eigenvalue weighted by molar-refractivity contribution is 5.78. The number of esters is 1. The predicted octanol–water partition coefficient (Wildman–Crippen LogP) is -0.105. The number of ether oxygens (including phenoxy) is 1. The van der Waals surface area contributed by atoms with Crippen molar-refractivity contribution >= 4 is 5.97 Å². The Morgan fingerprint density at radius 1 is 1.56 bits per heavy atom. The van der Waals surface area contributed by atoms with Crippen molar-refractivity contribution in [3.05, 3.63) is 0 Å². The van der Waals surface area contributed by atoms with Gasteiger partial charge < -0.3 is 10.5 Å². The predicted molar refractivity (Wildman–Crippen MR) is 32.7 cm³/mol. The lowest BCUT2D eigenvalue weighted by molar-refractivity contribution is -0.141. The number of carbonyl (C=O) groups is 1. The first-order valence-corrected chi connectivity index (χ1v) is 3.09. The van der Waals surface area contributed by atoms with Crippen LogP contribution < -0.4 is 5.73 Å². The van der Waals surface area contributed by atoms with Crippen LogP contribution >= 0.6 is 0 Å². The molecule has 1 saturated heterocycles. The summed E-state index contributed by atoms with van der Waals surface area (Å²) in [5.41, 5.74) is 5.44. The Labute approximate surface area is 54.2 Å². The molecule has 9 heavy (non-hydrogen) atoms. The van der Waals surface area contributed by atoms with E-state index in [2.05, 4.69) is 0 Å². The summed E-state index contributed by atoms with van der Waals surface area (Å²) in [4.78, 5) is 10.6. The Kier molecular flexibility index (Phi) is 1.45. The molecule has 0 aromatic rings. The van der Waals surface area contributed by atoms with E-state index in [0.29, 0.717) is 0 Å². The van der Waals surface area contributed by atoms with Crippen molar-refractivity contribution in [3.8, 4) is 0 Å². The zero-order valence-electron chi connectivity index (χ0n) is 5.63. The molecule has 1 heterocycles. The standard InChI is InChI=1S/C6H11NO2/c1-3-4(2)9-6(8)5(3)7/h3-5H,7H2,1-2H3/t3?,4-,5?/m0/s1. The van der Waals surface area contributed by atoms with Gasteiger partial charge in [0, 0.05) is 5.92 Å². The van der Waals surface area contributed by atoms with Gasteiger partial charge >= 0.3 is 5.97 Å². The monoisotopic (exact) mass is 129 g/mol. The van der Waals surface area contributed by atoms with E-state index in [9.17, 15) is 4.79 Å². The highest BCUT2D eigenvalue weighted by Gasteiger charge is 2.36. The van der Waals surface area contributed by atoms with Gasteiger partial charge in [0.25, 0.3) is 0 Å². The number of rotatable bonds is 0. The van der Waals surface area contributed by atoms with Crippen molar-refractivity contribution in [1.29, 1.82) is 0 Å². The van der Waals surface area contributed by atoms with Crippen molar-refractivity contribution in [2.75, 3.05) is 0 Å². The molecule has 2 N–H and O–H groups in total. The zero-order valence-corrected chi connectivity index (χ0v) is 5.63. The van der Waals surface area contributed by atoms with Crippen LogP contribution in [0.4, 0.5) is 0 Å². The fourth-order valence-electron chi connectivity index (χ4n) is 0.876. The minimum absolute atomic E-state index is 0.00694. The fourth-order valence-corrected chi connectivity index (χ4v) is 0.876. The molecule has 0 amide bonds. The Balaban J connectivity index is 2.65. The van der Waals surface area contributed by atoms with Gasteiger partial charge in [0.1, 0.15) is 12.1 Å². The number of nitrogens with two attached hydrogens (primary N) is 1. The highest BCUT2D eigenvalue weighted by Crippen LogP contribution is 2.19. The van der Waals surface area contributed by atoms with Gasteiger partial charge in [0.15, 0.2) is 0 Å². The first-order valence-electron chi connectivity index (χ1n) is 3.09. The van der Waals surface area contributed by atoms with Crippen LogP contribution in [0.15, 0.2) is 0 Å². The average Bonchev–Trinajstić information content (AvgIpc) is 1.98. The Morgan fingerprint density at radius 3 is 2.22 bits per heavy atom. The Morgan fingerprint density at radius 2 is 2.11 bits per heavy atom. The van der Waals surface area contributed by atoms with Crippen molar-refractivity contribution in [3.63, 3.8) is 0 Å². The normalized spacial score (nSPS) is 43.0. The molecule has 0 spiro atoms. The maximum Gasteiger partial charge on any atom is 0.323 e. The molecule has 2 unspecified atom stereocenters. The molecule has 0 radical (unpaired) electrons. The van der Waals surface area contributed by atoms with Crippen LogP contribution in [0.2, 0.25) is 0 Å². The van der Waals surface area contributed by atoms with Crippen LogP contribution in [-0.4, -0.2) is 18.1 Å². The van der Waals surface area contributed by atoms with Crippen molar-refractivity contribution < 1.29 is 9.53 Å². The van der Waals surface area contributed by atoms with Crippen molar-refractivity contribution in [2.45, 2.75) is 26.0 Å². The summed E-state index contributed by atoms with van der Waals surface area (Å²) in [6.07, 6.45) is -0.00694. The van der Waals surface area contributed by atoms with E-state index in [1.807, 2.05) is 13.8 Å². The smallest absolute Gasteiger partial charge is 0.323 e. The van der Waals surface area contributed by atoms with Crippen LogP contribution in [0.5, 0.6) is 0 Å². The molecule has 1 rings (SSSR count).